The number of thioether (sulfide) groups is 1. The van der Waals surface area contributed by atoms with Gasteiger partial charge in [0.25, 0.3) is 0 Å². The van der Waals surface area contributed by atoms with Crippen LogP contribution in [0.3, 0.4) is 0 Å². The Bertz CT molecular complexity index is 377. The van der Waals surface area contributed by atoms with E-state index in [2.05, 4.69) is 26.0 Å². The minimum absolute atomic E-state index is 0.0797. The summed E-state index contributed by atoms with van der Waals surface area (Å²) in [7, 11) is 0. The summed E-state index contributed by atoms with van der Waals surface area (Å²) in [5.41, 5.74) is 6.08. The van der Waals surface area contributed by atoms with E-state index in [-0.39, 0.29) is 11.9 Å². The number of hydrogen-bond donors (Lipinski definition) is 1. The highest BCUT2D eigenvalue weighted by atomic mass is 32.2. The third-order valence-electron chi connectivity index (χ3n) is 2.98. The Morgan fingerprint density at radius 3 is 2.35 bits per heavy atom. The van der Waals surface area contributed by atoms with E-state index >= 15 is 0 Å². The van der Waals surface area contributed by atoms with Gasteiger partial charge in [0.15, 0.2) is 0 Å². The van der Waals surface area contributed by atoms with Crippen LogP contribution < -0.4 is 5.73 Å². The maximum Gasteiger partial charge on any atom is 0.224 e. The molecular formula is C16H26N2OS. The van der Waals surface area contributed by atoms with Gasteiger partial charge in [-0.05, 0) is 25.0 Å². The first-order chi connectivity index (χ1) is 9.67. The molecule has 0 bridgehead atoms. The molecule has 0 radical (unpaired) electrons. The van der Waals surface area contributed by atoms with Crippen LogP contribution in [0.25, 0.3) is 0 Å². The summed E-state index contributed by atoms with van der Waals surface area (Å²) in [4.78, 5) is 15.3. The number of nitrogens with zero attached hydrogens (tertiary/aromatic N) is 1. The van der Waals surface area contributed by atoms with Gasteiger partial charge in [0.2, 0.25) is 5.91 Å². The van der Waals surface area contributed by atoms with Crippen LogP contribution in [0.4, 0.5) is 0 Å². The minimum Gasteiger partial charge on any atom is -0.343 e. The second-order valence-electron chi connectivity index (χ2n) is 4.97. The van der Waals surface area contributed by atoms with Gasteiger partial charge in [-0.15, -0.1) is 11.8 Å². The molecule has 1 rings (SSSR count). The van der Waals surface area contributed by atoms with Crippen molar-refractivity contribution in [2.24, 2.45) is 5.73 Å². The fourth-order valence-electron chi connectivity index (χ4n) is 2.03. The van der Waals surface area contributed by atoms with Gasteiger partial charge in [-0.25, -0.2) is 0 Å². The van der Waals surface area contributed by atoms with Crippen LogP contribution >= 0.6 is 11.8 Å². The van der Waals surface area contributed by atoms with Crippen LogP contribution in [-0.2, 0) is 4.79 Å². The number of carbonyl (C=O) groups is 1. The summed E-state index contributed by atoms with van der Waals surface area (Å²) in [5, 5.41) is 0. The topological polar surface area (TPSA) is 46.3 Å². The van der Waals surface area contributed by atoms with Gasteiger partial charge in [-0.1, -0.05) is 32.0 Å². The van der Waals surface area contributed by atoms with Crippen molar-refractivity contribution in [3.8, 4) is 0 Å². The van der Waals surface area contributed by atoms with Crippen molar-refractivity contribution in [3.05, 3.63) is 30.3 Å². The van der Waals surface area contributed by atoms with Gasteiger partial charge in [-0.2, -0.15) is 0 Å². The average Bonchev–Trinajstić information content (AvgIpc) is 2.46. The lowest BCUT2D eigenvalue weighted by molar-refractivity contribution is -0.131. The lowest BCUT2D eigenvalue weighted by atomic mass is 10.2. The Morgan fingerprint density at radius 2 is 1.80 bits per heavy atom. The number of benzene rings is 1. The highest BCUT2D eigenvalue weighted by Crippen LogP contribution is 2.18. The second kappa shape index (κ2) is 9.83. The van der Waals surface area contributed by atoms with E-state index < -0.39 is 0 Å². The van der Waals surface area contributed by atoms with Crippen molar-refractivity contribution in [2.45, 2.75) is 44.0 Å². The molecule has 0 heterocycles. The largest absolute Gasteiger partial charge is 0.343 e. The molecular weight excluding hydrogens is 268 g/mol. The van der Waals surface area contributed by atoms with Gasteiger partial charge < -0.3 is 10.6 Å². The zero-order valence-corrected chi connectivity index (χ0v) is 13.4. The predicted octanol–water partition coefficient (Wildman–Crippen LogP) is 3.14. The number of hydrogen-bond acceptors (Lipinski definition) is 3. The fourth-order valence-corrected chi connectivity index (χ4v) is 2.91. The molecule has 0 unspecified atom stereocenters. The maximum absolute atomic E-state index is 12.2. The first-order valence-corrected chi connectivity index (χ1v) is 8.37. The lowest BCUT2D eigenvalue weighted by Crippen LogP contribution is -2.37. The Kier molecular flexibility index (Phi) is 8.38. The van der Waals surface area contributed by atoms with Gasteiger partial charge >= 0.3 is 0 Å². The van der Waals surface area contributed by atoms with Gasteiger partial charge in [0, 0.05) is 36.2 Å². The first kappa shape index (κ1) is 17.1. The molecule has 0 spiro atoms. The van der Waals surface area contributed by atoms with E-state index in [0.717, 1.165) is 31.7 Å². The standard InChI is InChI=1S/C16H26N2OS/c1-3-10-18(11-4-2)16(19)12-14(17)13-20-15-8-6-5-7-9-15/h5-9,14H,3-4,10-13,17H2,1-2H3/t14-/m1/s1. The van der Waals surface area contributed by atoms with Crippen molar-refractivity contribution in [2.75, 3.05) is 18.8 Å². The molecule has 1 atom stereocenters. The smallest absolute Gasteiger partial charge is 0.224 e. The maximum atomic E-state index is 12.2. The van der Waals surface area contributed by atoms with Crippen molar-refractivity contribution < 1.29 is 4.79 Å². The quantitative estimate of drug-likeness (QED) is 0.712. The average molecular weight is 294 g/mol. The van der Waals surface area contributed by atoms with Gasteiger partial charge in [-0.3, -0.25) is 4.79 Å². The number of carbonyl (C=O) groups excluding carboxylic acids is 1. The third kappa shape index (κ3) is 6.44. The van der Waals surface area contributed by atoms with Crippen LogP contribution in [0.5, 0.6) is 0 Å². The molecule has 1 amide bonds. The van der Waals surface area contributed by atoms with Crippen LogP contribution in [0.1, 0.15) is 33.1 Å². The zero-order valence-electron chi connectivity index (χ0n) is 12.5. The molecule has 0 aliphatic heterocycles. The Morgan fingerprint density at radius 1 is 1.20 bits per heavy atom. The van der Waals surface area contributed by atoms with E-state index in [9.17, 15) is 4.79 Å². The summed E-state index contributed by atoms with van der Waals surface area (Å²) in [6.07, 6.45) is 2.44. The number of rotatable bonds is 9. The van der Waals surface area contributed by atoms with Crippen LogP contribution in [-0.4, -0.2) is 35.7 Å². The first-order valence-electron chi connectivity index (χ1n) is 7.38. The third-order valence-corrected chi connectivity index (χ3v) is 4.18. The van der Waals surface area contributed by atoms with E-state index in [0.29, 0.717) is 6.42 Å². The summed E-state index contributed by atoms with van der Waals surface area (Å²) < 4.78 is 0. The molecule has 20 heavy (non-hydrogen) atoms. The van der Waals surface area contributed by atoms with E-state index in [1.165, 1.54) is 4.90 Å². The fraction of sp³-hybridized carbons (Fsp3) is 0.562. The molecule has 2 N–H and O–H groups in total. The molecule has 112 valence electrons. The molecule has 3 nitrogen and oxygen atoms in total. The van der Waals surface area contributed by atoms with Crippen LogP contribution in [0, 0.1) is 0 Å². The Hall–Kier alpha value is -1.00. The van der Waals surface area contributed by atoms with Crippen molar-refractivity contribution in [1.82, 2.24) is 4.90 Å². The zero-order chi connectivity index (χ0) is 14.8. The molecule has 0 fully saturated rings. The lowest BCUT2D eigenvalue weighted by Gasteiger charge is -2.23. The molecule has 0 aliphatic carbocycles. The molecule has 0 aliphatic rings. The summed E-state index contributed by atoms with van der Waals surface area (Å²) in [6.45, 7) is 5.87. The minimum atomic E-state index is -0.0797. The van der Waals surface area contributed by atoms with Crippen LogP contribution in [0.15, 0.2) is 35.2 Å². The molecule has 4 heteroatoms. The van der Waals surface area contributed by atoms with Crippen molar-refractivity contribution in [1.29, 1.82) is 0 Å². The second-order valence-corrected chi connectivity index (χ2v) is 6.06. The molecule has 1 aromatic carbocycles. The van der Waals surface area contributed by atoms with Gasteiger partial charge in [0.1, 0.15) is 0 Å². The number of nitrogens with two attached hydrogens (primary N) is 1. The summed E-state index contributed by atoms with van der Waals surface area (Å²) >= 11 is 1.71. The highest BCUT2D eigenvalue weighted by Gasteiger charge is 2.15. The monoisotopic (exact) mass is 294 g/mol. The number of amides is 1. The van der Waals surface area contributed by atoms with Crippen LogP contribution in [0.2, 0.25) is 0 Å². The van der Waals surface area contributed by atoms with E-state index in [1.54, 1.807) is 11.8 Å². The summed E-state index contributed by atoms with van der Waals surface area (Å²) in [6, 6.07) is 10.1. The van der Waals surface area contributed by atoms with Gasteiger partial charge in [0.05, 0.1) is 0 Å². The Labute approximate surface area is 126 Å². The molecule has 0 aromatic heterocycles. The van der Waals surface area contributed by atoms with Crippen molar-refractivity contribution in [3.63, 3.8) is 0 Å². The highest BCUT2D eigenvalue weighted by molar-refractivity contribution is 7.99. The van der Waals surface area contributed by atoms with E-state index in [4.69, 9.17) is 5.73 Å². The molecule has 0 saturated heterocycles. The van der Waals surface area contributed by atoms with Crippen molar-refractivity contribution >= 4 is 17.7 Å². The molecule has 1 aromatic rings. The Balaban J connectivity index is 2.36. The molecule has 0 saturated carbocycles. The van der Waals surface area contributed by atoms with E-state index in [1.807, 2.05) is 23.1 Å². The normalized spacial score (nSPS) is 12.2. The summed E-state index contributed by atoms with van der Waals surface area (Å²) in [5.74, 6) is 0.969. The SMILES string of the molecule is CCCN(CCC)C(=O)C[C@@H](N)CSc1ccccc1. The predicted molar refractivity (Wildman–Crippen MR) is 86.9 cm³/mol.